The highest BCUT2D eigenvalue weighted by atomic mass is 19.1. The van der Waals surface area contributed by atoms with Gasteiger partial charge in [-0.05, 0) is 56.3 Å². The monoisotopic (exact) mass is 415 g/mol. The SMILES string of the molecule is Cc1c(C(C)NC(=O)/C=C/c2cnn(-c3ccccc3)c2)cnn1-c1ccc(F)cc1. The Morgan fingerprint density at radius 1 is 1.03 bits per heavy atom. The van der Waals surface area contributed by atoms with E-state index in [-0.39, 0.29) is 17.8 Å². The van der Waals surface area contributed by atoms with Crippen LogP contribution in [-0.4, -0.2) is 25.5 Å². The second-order valence-corrected chi connectivity index (χ2v) is 7.19. The minimum atomic E-state index is -0.296. The van der Waals surface area contributed by atoms with Crippen LogP contribution < -0.4 is 5.32 Å². The average molecular weight is 415 g/mol. The molecule has 0 spiro atoms. The van der Waals surface area contributed by atoms with Gasteiger partial charge in [0.15, 0.2) is 0 Å². The Kier molecular flexibility index (Phi) is 5.75. The number of nitrogens with zero attached hydrogens (tertiary/aromatic N) is 4. The van der Waals surface area contributed by atoms with Crippen molar-refractivity contribution < 1.29 is 9.18 Å². The second-order valence-electron chi connectivity index (χ2n) is 7.19. The van der Waals surface area contributed by atoms with Gasteiger partial charge in [-0.3, -0.25) is 4.79 Å². The summed E-state index contributed by atoms with van der Waals surface area (Å²) in [6.07, 6.45) is 8.50. The van der Waals surface area contributed by atoms with Crippen LogP contribution in [-0.2, 0) is 4.79 Å². The van der Waals surface area contributed by atoms with Gasteiger partial charge in [0.1, 0.15) is 5.82 Å². The first kappa shape index (κ1) is 20.3. The van der Waals surface area contributed by atoms with Gasteiger partial charge in [-0.25, -0.2) is 13.8 Å². The second kappa shape index (κ2) is 8.79. The van der Waals surface area contributed by atoms with Crippen LogP contribution in [0.25, 0.3) is 17.5 Å². The Morgan fingerprint density at radius 2 is 1.77 bits per heavy atom. The maximum Gasteiger partial charge on any atom is 0.244 e. The van der Waals surface area contributed by atoms with Crippen molar-refractivity contribution in [3.8, 4) is 11.4 Å². The van der Waals surface area contributed by atoms with E-state index >= 15 is 0 Å². The van der Waals surface area contributed by atoms with Crippen molar-refractivity contribution in [3.63, 3.8) is 0 Å². The van der Waals surface area contributed by atoms with Crippen molar-refractivity contribution >= 4 is 12.0 Å². The minimum absolute atomic E-state index is 0.214. The van der Waals surface area contributed by atoms with E-state index in [2.05, 4.69) is 15.5 Å². The molecule has 7 heteroatoms. The normalized spacial score (nSPS) is 12.2. The van der Waals surface area contributed by atoms with Crippen LogP contribution in [0.1, 0.15) is 29.8 Å². The molecule has 0 aliphatic heterocycles. The lowest BCUT2D eigenvalue weighted by molar-refractivity contribution is -0.117. The van der Waals surface area contributed by atoms with Crippen LogP contribution in [0.15, 0.2) is 79.3 Å². The molecule has 1 unspecified atom stereocenters. The fourth-order valence-electron chi connectivity index (χ4n) is 3.35. The summed E-state index contributed by atoms with van der Waals surface area (Å²) in [6, 6.07) is 15.7. The molecule has 1 atom stereocenters. The number of carbonyl (C=O) groups excluding carboxylic acids is 1. The number of hydrogen-bond acceptors (Lipinski definition) is 3. The zero-order valence-electron chi connectivity index (χ0n) is 17.2. The third-order valence-electron chi connectivity index (χ3n) is 4.99. The highest BCUT2D eigenvalue weighted by Gasteiger charge is 2.15. The van der Waals surface area contributed by atoms with Crippen molar-refractivity contribution in [3.05, 3.63) is 102 Å². The van der Waals surface area contributed by atoms with Crippen LogP contribution in [0.2, 0.25) is 0 Å². The van der Waals surface area contributed by atoms with E-state index in [4.69, 9.17) is 0 Å². The molecular formula is C24H22FN5O. The van der Waals surface area contributed by atoms with E-state index in [9.17, 15) is 9.18 Å². The Morgan fingerprint density at radius 3 is 2.52 bits per heavy atom. The molecule has 1 N–H and O–H groups in total. The fourth-order valence-corrected chi connectivity index (χ4v) is 3.35. The number of benzene rings is 2. The lowest BCUT2D eigenvalue weighted by Crippen LogP contribution is -2.25. The molecule has 4 rings (SSSR count). The Bertz CT molecular complexity index is 1210. The van der Waals surface area contributed by atoms with Crippen molar-refractivity contribution in [2.45, 2.75) is 19.9 Å². The van der Waals surface area contributed by atoms with E-state index in [1.165, 1.54) is 18.2 Å². The third kappa shape index (κ3) is 4.61. The lowest BCUT2D eigenvalue weighted by atomic mass is 10.1. The Balaban J connectivity index is 1.41. The molecule has 0 aliphatic carbocycles. The van der Waals surface area contributed by atoms with Crippen LogP contribution >= 0.6 is 0 Å². The van der Waals surface area contributed by atoms with Gasteiger partial charge in [0.2, 0.25) is 5.91 Å². The number of hydrogen-bond donors (Lipinski definition) is 1. The molecule has 0 aliphatic rings. The highest BCUT2D eigenvalue weighted by Crippen LogP contribution is 2.20. The van der Waals surface area contributed by atoms with Gasteiger partial charge in [-0.15, -0.1) is 0 Å². The molecule has 2 aromatic carbocycles. The minimum Gasteiger partial charge on any atom is -0.346 e. The highest BCUT2D eigenvalue weighted by molar-refractivity contribution is 5.91. The van der Waals surface area contributed by atoms with Gasteiger partial charge in [-0.2, -0.15) is 10.2 Å². The lowest BCUT2D eigenvalue weighted by Gasteiger charge is -2.13. The van der Waals surface area contributed by atoms with Crippen LogP contribution in [0.5, 0.6) is 0 Å². The van der Waals surface area contributed by atoms with Crippen LogP contribution in [0.4, 0.5) is 4.39 Å². The summed E-state index contributed by atoms with van der Waals surface area (Å²) >= 11 is 0. The predicted octanol–water partition coefficient (Wildman–Crippen LogP) is 4.40. The molecule has 2 heterocycles. The zero-order valence-corrected chi connectivity index (χ0v) is 17.2. The van der Waals surface area contributed by atoms with Crippen LogP contribution in [0.3, 0.4) is 0 Å². The molecule has 31 heavy (non-hydrogen) atoms. The summed E-state index contributed by atoms with van der Waals surface area (Å²) < 4.78 is 16.7. The van der Waals surface area contributed by atoms with E-state index in [0.29, 0.717) is 0 Å². The Labute approximate surface area is 179 Å². The van der Waals surface area contributed by atoms with Gasteiger partial charge in [0, 0.05) is 29.1 Å². The first-order valence-electron chi connectivity index (χ1n) is 9.90. The molecule has 4 aromatic rings. The molecule has 0 fully saturated rings. The molecule has 1 amide bonds. The summed E-state index contributed by atoms with van der Waals surface area (Å²) in [5.41, 5.74) is 4.32. The van der Waals surface area contributed by atoms with Crippen molar-refractivity contribution in [1.82, 2.24) is 24.9 Å². The summed E-state index contributed by atoms with van der Waals surface area (Å²) in [4.78, 5) is 12.4. The van der Waals surface area contributed by atoms with Gasteiger partial charge in [-0.1, -0.05) is 18.2 Å². The molecule has 6 nitrogen and oxygen atoms in total. The van der Waals surface area contributed by atoms with E-state index in [1.807, 2.05) is 50.4 Å². The third-order valence-corrected chi connectivity index (χ3v) is 4.99. The summed E-state index contributed by atoms with van der Waals surface area (Å²) in [5.74, 6) is -0.510. The molecule has 0 saturated carbocycles. The first-order valence-corrected chi connectivity index (χ1v) is 9.90. The standard InChI is InChI=1S/C24H22FN5O/c1-17(23-15-27-30(18(23)2)22-11-9-20(25)10-12-22)28-24(31)13-8-19-14-26-29(16-19)21-6-4-3-5-7-21/h3-17H,1-2H3,(H,28,31)/b13-8+. The molecule has 2 aromatic heterocycles. The number of carbonyl (C=O) groups is 1. The summed E-state index contributed by atoms with van der Waals surface area (Å²) in [6.45, 7) is 3.82. The molecular weight excluding hydrogens is 393 g/mol. The molecule has 156 valence electrons. The average Bonchev–Trinajstić information content (AvgIpc) is 3.40. The van der Waals surface area contributed by atoms with Crippen molar-refractivity contribution in [2.75, 3.05) is 0 Å². The summed E-state index contributed by atoms with van der Waals surface area (Å²) in [5, 5.41) is 11.7. The summed E-state index contributed by atoms with van der Waals surface area (Å²) in [7, 11) is 0. The van der Waals surface area contributed by atoms with E-state index in [1.54, 1.807) is 40.0 Å². The number of nitrogens with one attached hydrogen (secondary N) is 1. The fraction of sp³-hybridized carbons (Fsp3) is 0.125. The largest absolute Gasteiger partial charge is 0.346 e. The van der Waals surface area contributed by atoms with E-state index < -0.39 is 0 Å². The number of halogens is 1. The molecule has 0 bridgehead atoms. The van der Waals surface area contributed by atoms with Gasteiger partial charge < -0.3 is 5.32 Å². The topological polar surface area (TPSA) is 64.7 Å². The quantitative estimate of drug-likeness (QED) is 0.475. The van der Waals surface area contributed by atoms with Crippen LogP contribution in [0, 0.1) is 12.7 Å². The van der Waals surface area contributed by atoms with Crippen molar-refractivity contribution in [1.29, 1.82) is 0 Å². The van der Waals surface area contributed by atoms with Gasteiger partial charge in [0.05, 0.1) is 29.8 Å². The smallest absolute Gasteiger partial charge is 0.244 e. The Hall–Kier alpha value is -4.00. The molecule has 0 radical (unpaired) electrons. The maximum absolute atomic E-state index is 13.2. The number of amides is 1. The van der Waals surface area contributed by atoms with Crippen molar-refractivity contribution in [2.24, 2.45) is 0 Å². The number of rotatable bonds is 6. The molecule has 0 saturated heterocycles. The van der Waals surface area contributed by atoms with Gasteiger partial charge >= 0.3 is 0 Å². The predicted molar refractivity (Wildman–Crippen MR) is 117 cm³/mol. The number of para-hydroxylation sites is 1. The van der Waals surface area contributed by atoms with Gasteiger partial charge in [0.25, 0.3) is 0 Å². The van der Waals surface area contributed by atoms with E-state index in [0.717, 1.165) is 28.2 Å². The maximum atomic E-state index is 13.2. The number of aromatic nitrogens is 4. The first-order chi connectivity index (χ1) is 15.0. The zero-order chi connectivity index (χ0) is 21.8.